The monoisotopic (exact) mass is 1260 g/mol. The number of fused-ring (bicyclic) bond motifs is 2. The summed E-state index contributed by atoms with van der Waals surface area (Å²) >= 11 is 0. The van der Waals surface area contributed by atoms with Gasteiger partial charge in [0, 0.05) is 49.3 Å². The topological polar surface area (TPSA) is 410 Å². The van der Waals surface area contributed by atoms with E-state index in [1.807, 2.05) is 27.7 Å². The first-order valence-corrected chi connectivity index (χ1v) is 31.2. The lowest BCUT2D eigenvalue weighted by Crippen LogP contribution is -2.62. The number of nitrogens with two attached hydrogens (primary N) is 3. The largest absolute Gasteiger partial charge is 0.370 e. The van der Waals surface area contributed by atoms with E-state index >= 15 is 4.79 Å². The fraction of sp³-hybridized carbons (Fsp3) is 0.508. The summed E-state index contributed by atoms with van der Waals surface area (Å²) < 4.78 is 0. The molecule has 0 radical (unpaired) electrons. The maximum absolute atomic E-state index is 15.0. The first kappa shape index (κ1) is 70.9. The van der Waals surface area contributed by atoms with Gasteiger partial charge >= 0.3 is 0 Å². The van der Waals surface area contributed by atoms with Gasteiger partial charge in [0.25, 0.3) is 0 Å². The standard InChI is InChI=1S/C65H90N14O12/c1-36(2)29-46-59(85)77-51(32-40-19-11-8-12-20-40)65(91)79-28-16-24-52(79)63(89)76-47(30-37(3)4)58(84)73-48(31-39-17-9-7-10-18-39)60(86)75-50(34-54(68)81)61(87)70-45(25-26-53(67)80)57(83)74-49(33-41-35-69-43-22-14-13-21-42(41)43)62(88)78-55(38(5)6)64(90)71-44(23-15-27-66)56(82)72-46/h7-14,17-22,35-38,44-52,55,69H,15-16,23-34,66H2,1-6H3,(H2,67,80)(H2,68,81)(H,70,87)(H,71,90)(H,72,82)(H,73,84)(H,74,83)(H,75,86)(H,76,89)(H,77,85)(H,78,88)/t44-,45+,46+,47+,48-,49?,50+,51-,52+,55+/m1/s1. The summed E-state index contributed by atoms with van der Waals surface area (Å²) in [5.74, 6) is -11.5. The zero-order valence-electron chi connectivity index (χ0n) is 52.6. The van der Waals surface area contributed by atoms with Crippen molar-refractivity contribution in [2.45, 2.75) is 179 Å². The van der Waals surface area contributed by atoms with Crippen LogP contribution < -0.4 is 65.1 Å². The minimum absolute atomic E-state index is 0.00796. The molecule has 0 aliphatic carbocycles. The summed E-state index contributed by atoms with van der Waals surface area (Å²) in [7, 11) is 0. The van der Waals surface area contributed by atoms with Crippen LogP contribution in [0.2, 0.25) is 0 Å². The fourth-order valence-electron chi connectivity index (χ4n) is 11.3. The van der Waals surface area contributed by atoms with Crippen molar-refractivity contribution in [2.24, 2.45) is 35.0 Å². The molecule has 1 aromatic heterocycles. The zero-order chi connectivity index (χ0) is 66.5. The molecular formula is C65H90N14O12. The molecule has 2 saturated heterocycles. The van der Waals surface area contributed by atoms with E-state index in [0.717, 1.165) is 0 Å². The van der Waals surface area contributed by atoms with Gasteiger partial charge in [-0.2, -0.15) is 0 Å². The van der Waals surface area contributed by atoms with Gasteiger partial charge in [0.15, 0.2) is 0 Å². The molecule has 492 valence electrons. The van der Waals surface area contributed by atoms with Crippen LogP contribution in [0.1, 0.15) is 116 Å². The number of aromatic amines is 1. The van der Waals surface area contributed by atoms with E-state index < -0.39 is 156 Å². The van der Waals surface area contributed by atoms with Crippen LogP contribution in [-0.4, -0.2) is 154 Å². The predicted octanol–water partition coefficient (Wildman–Crippen LogP) is 0.192. The smallest absolute Gasteiger partial charge is 0.246 e. The number of carbonyl (C=O) groups excluding carboxylic acids is 12. The zero-order valence-corrected chi connectivity index (χ0v) is 52.6. The molecular weight excluding hydrogens is 1170 g/mol. The maximum Gasteiger partial charge on any atom is 0.246 e. The summed E-state index contributed by atoms with van der Waals surface area (Å²) in [6.45, 7) is 10.8. The highest BCUT2D eigenvalue weighted by molar-refractivity contribution is 6.01. The Morgan fingerprint density at radius 3 is 1.51 bits per heavy atom. The van der Waals surface area contributed by atoms with Crippen molar-refractivity contribution < 1.29 is 57.5 Å². The number of hydrogen-bond donors (Lipinski definition) is 13. The number of amides is 12. The van der Waals surface area contributed by atoms with Gasteiger partial charge in [-0.25, -0.2) is 0 Å². The first-order chi connectivity index (χ1) is 43.3. The second-order valence-corrected chi connectivity index (χ2v) is 24.7. The Morgan fingerprint density at radius 1 is 0.495 bits per heavy atom. The van der Waals surface area contributed by atoms with Crippen molar-refractivity contribution in [1.29, 1.82) is 0 Å². The Labute approximate surface area is 530 Å². The van der Waals surface area contributed by atoms with Crippen LogP contribution in [0.3, 0.4) is 0 Å². The van der Waals surface area contributed by atoms with Crippen LogP contribution in [-0.2, 0) is 76.8 Å². The molecule has 2 aliphatic heterocycles. The normalized spacial score (nSPS) is 24.3. The molecule has 26 heteroatoms. The molecule has 2 aliphatic rings. The molecule has 16 N–H and O–H groups in total. The number of primary amides is 2. The third-order valence-corrected chi connectivity index (χ3v) is 16.0. The highest BCUT2D eigenvalue weighted by atomic mass is 16.2. The molecule has 0 bridgehead atoms. The number of carbonyl (C=O) groups is 12. The SMILES string of the molecule is CC(C)C[C@@H]1NC(=O)[C@@H](CCCN)NC(=O)[C@H](C(C)C)NC(=O)C(Cc2c[nH]c3ccccc23)NC(=O)[C@H](CCC(N)=O)NC(=O)[C@H](CC(N)=O)NC(=O)[C@@H](Cc2ccccc2)NC(=O)[C@H](CC(C)C)NC(=O)[C@@H]2CCCN2C(=O)[C@@H](Cc2ccccc2)NC1=O. The third-order valence-electron chi connectivity index (χ3n) is 16.0. The molecule has 0 saturated carbocycles. The number of rotatable bonds is 19. The van der Waals surface area contributed by atoms with E-state index in [1.54, 1.807) is 105 Å². The minimum atomic E-state index is -1.82. The highest BCUT2D eigenvalue weighted by Crippen LogP contribution is 2.23. The first-order valence-electron chi connectivity index (χ1n) is 31.2. The summed E-state index contributed by atoms with van der Waals surface area (Å²) in [6.07, 6.45) is 0.373. The van der Waals surface area contributed by atoms with Gasteiger partial charge in [0.1, 0.15) is 60.4 Å². The molecule has 3 aromatic carbocycles. The Balaban J connectivity index is 1.46. The molecule has 3 heterocycles. The van der Waals surface area contributed by atoms with Gasteiger partial charge in [-0.05, 0) is 92.0 Å². The summed E-state index contributed by atoms with van der Waals surface area (Å²) in [5, 5.41) is 25.2. The molecule has 26 nitrogen and oxygen atoms in total. The van der Waals surface area contributed by atoms with Crippen molar-refractivity contribution in [3.63, 3.8) is 0 Å². The Bertz CT molecular complexity index is 3210. The van der Waals surface area contributed by atoms with E-state index in [0.29, 0.717) is 34.0 Å². The molecule has 12 amide bonds. The second-order valence-electron chi connectivity index (χ2n) is 24.7. The Kier molecular flexibility index (Phi) is 26.6. The predicted molar refractivity (Wildman–Crippen MR) is 339 cm³/mol. The minimum Gasteiger partial charge on any atom is -0.370 e. The van der Waals surface area contributed by atoms with Crippen LogP contribution in [0.4, 0.5) is 0 Å². The Morgan fingerprint density at radius 2 is 0.945 bits per heavy atom. The van der Waals surface area contributed by atoms with Crippen LogP contribution in [0.15, 0.2) is 91.1 Å². The molecule has 4 aromatic rings. The van der Waals surface area contributed by atoms with Crippen molar-refractivity contribution >= 4 is 81.8 Å². The van der Waals surface area contributed by atoms with Gasteiger partial charge in [-0.3, -0.25) is 57.5 Å². The molecule has 1 unspecified atom stereocenters. The molecule has 6 rings (SSSR count). The highest BCUT2D eigenvalue weighted by Gasteiger charge is 2.42. The number of benzene rings is 3. The lowest BCUT2D eigenvalue weighted by molar-refractivity contribution is -0.142. The summed E-state index contributed by atoms with van der Waals surface area (Å²) in [4.78, 5) is 177. The van der Waals surface area contributed by atoms with Gasteiger partial charge < -0.3 is 74.9 Å². The van der Waals surface area contributed by atoms with Gasteiger partial charge in [0.2, 0.25) is 70.9 Å². The van der Waals surface area contributed by atoms with E-state index in [9.17, 15) is 52.7 Å². The number of para-hydroxylation sites is 1. The van der Waals surface area contributed by atoms with E-state index in [2.05, 4.69) is 52.8 Å². The number of nitrogens with one attached hydrogen (secondary N) is 10. The van der Waals surface area contributed by atoms with Crippen molar-refractivity contribution in [2.75, 3.05) is 13.1 Å². The number of H-pyrrole nitrogens is 1. The number of nitrogens with zero attached hydrogens (tertiary/aromatic N) is 1. The van der Waals surface area contributed by atoms with Crippen molar-refractivity contribution in [3.05, 3.63) is 108 Å². The second kappa shape index (κ2) is 34.1. The molecule has 0 spiro atoms. The van der Waals surface area contributed by atoms with Crippen LogP contribution in [0.5, 0.6) is 0 Å². The van der Waals surface area contributed by atoms with Crippen LogP contribution >= 0.6 is 0 Å². The van der Waals surface area contributed by atoms with Crippen LogP contribution in [0, 0.1) is 17.8 Å². The fourth-order valence-corrected chi connectivity index (χ4v) is 11.3. The quantitative estimate of drug-likeness (QED) is 0.0597. The average Bonchev–Trinajstić information content (AvgIpc) is 2.16. The van der Waals surface area contributed by atoms with Gasteiger partial charge in [-0.15, -0.1) is 0 Å². The van der Waals surface area contributed by atoms with Crippen molar-refractivity contribution in [1.82, 2.24) is 57.7 Å². The molecule has 91 heavy (non-hydrogen) atoms. The van der Waals surface area contributed by atoms with E-state index in [4.69, 9.17) is 17.2 Å². The number of aromatic nitrogens is 1. The average molecular weight is 1260 g/mol. The third kappa shape index (κ3) is 21.2. The van der Waals surface area contributed by atoms with Crippen LogP contribution in [0.25, 0.3) is 10.9 Å². The lowest BCUT2D eigenvalue weighted by Gasteiger charge is -2.32. The summed E-state index contributed by atoms with van der Waals surface area (Å²) in [5.41, 5.74) is 19.6. The lowest BCUT2D eigenvalue weighted by atomic mass is 9.98. The summed E-state index contributed by atoms with van der Waals surface area (Å²) in [6, 6.07) is 10.3. The van der Waals surface area contributed by atoms with Gasteiger partial charge in [-0.1, -0.05) is 120 Å². The van der Waals surface area contributed by atoms with Gasteiger partial charge in [0.05, 0.1) is 6.42 Å². The van der Waals surface area contributed by atoms with E-state index in [-0.39, 0.29) is 76.3 Å². The molecule has 10 atom stereocenters. The number of hydrogen-bond acceptors (Lipinski definition) is 13. The molecule has 2 fully saturated rings. The maximum atomic E-state index is 15.0. The Hall–Kier alpha value is -9.20. The van der Waals surface area contributed by atoms with Crippen molar-refractivity contribution in [3.8, 4) is 0 Å². The van der Waals surface area contributed by atoms with E-state index in [1.165, 1.54) is 4.90 Å².